The van der Waals surface area contributed by atoms with E-state index in [0.717, 1.165) is 30.8 Å². The molecule has 0 spiro atoms. The first-order chi connectivity index (χ1) is 11.1. The number of hydrogen-bond donors (Lipinski definition) is 1. The van der Waals surface area contributed by atoms with E-state index in [2.05, 4.69) is 49.5 Å². The van der Waals surface area contributed by atoms with Crippen LogP contribution >= 0.6 is 0 Å². The monoisotopic (exact) mass is 308 g/mol. The van der Waals surface area contributed by atoms with Gasteiger partial charge in [-0.2, -0.15) is 0 Å². The lowest BCUT2D eigenvalue weighted by Crippen LogP contribution is -2.36. The Kier molecular flexibility index (Phi) is 4.65. The van der Waals surface area contributed by atoms with Crippen LogP contribution in [0.4, 0.5) is 11.4 Å². The summed E-state index contributed by atoms with van der Waals surface area (Å²) in [6, 6.07) is 14.6. The van der Waals surface area contributed by atoms with Crippen LogP contribution in [0.25, 0.3) is 0 Å². The first-order valence-corrected chi connectivity index (χ1v) is 8.34. The van der Waals surface area contributed by atoms with E-state index in [1.54, 1.807) is 0 Å². The number of fused-ring (bicyclic) bond motifs is 1. The molecule has 0 unspecified atom stereocenters. The number of anilines is 2. The lowest BCUT2D eigenvalue weighted by molar-refractivity contribution is -0.118. The summed E-state index contributed by atoms with van der Waals surface area (Å²) in [6.07, 6.45) is 2.63. The van der Waals surface area contributed by atoms with Gasteiger partial charge in [-0.15, -0.1) is 0 Å². The number of para-hydroxylation sites is 1. The fourth-order valence-corrected chi connectivity index (χ4v) is 3.09. The second kappa shape index (κ2) is 6.86. The molecule has 0 atom stereocenters. The Morgan fingerprint density at radius 1 is 1.13 bits per heavy atom. The number of benzene rings is 2. The van der Waals surface area contributed by atoms with Crippen LogP contribution in [0.3, 0.4) is 0 Å². The van der Waals surface area contributed by atoms with E-state index in [1.807, 2.05) is 17.0 Å². The molecule has 0 saturated heterocycles. The molecule has 1 heterocycles. The summed E-state index contributed by atoms with van der Waals surface area (Å²) in [6.45, 7) is 5.71. The molecule has 3 nitrogen and oxygen atoms in total. The molecule has 0 fully saturated rings. The van der Waals surface area contributed by atoms with E-state index in [1.165, 1.54) is 16.7 Å². The molecule has 1 aliphatic heterocycles. The highest BCUT2D eigenvalue weighted by Gasteiger charge is 2.21. The Morgan fingerprint density at radius 2 is 1.96 bits per heavy atom. The van der Waals surface area contributed by atoms with Crippen molar-refractivity contribution in [2.45, 2.75) is 33.1 Å². The van der Waals surface area contributed by atoms with Crippen LogP contribution in [0.5, 0.6) is 0 Å². The number of aryl methyl sites for hydroxylation is 3. The maximum Gasteiger partial charge on any atom is 0.228 e. The summed E-state index contributed by atoms with van der Waals surface area (Å²) in [5.41, 5.74) is 6.02. The minimum Gasteiger partial charge on any atom is -0.385 e. The molecule has 1 N–H and O–H groups in total. The summed E-state index contributed by atoms with van der Waals surface area (Å²) >= 11 is 0. The van der Waals surface area contributed by atoms with Gasteiger partial charge in [0.1, 0.15) is 0 Å². The number of amides is 1. The molecule has 0 radical (unpaired) electrons. The van der Waals surface area contributed by atoms with Crippen LogP contribution in [0, 0.1) is 13.8 Å². The molecular formula is C20H24N2O. The smallest absolute Gasteiger partial charge is 0.228 e. The van der Waals surface area contributed by atoms with E-state index in [-0.39, 0.29) is 5.91 Å². The quantitative estimate of drug-likeness (QED) is 0.923. The molecule has 0 aliphatic carbocycles. The first-order valence-electron chi connectivity index (χ1n) is 8.34. The van der Waals surface area contributed by atoms with Crippen LogP contribution < -0.4 is 10.2 Å². The highest BCUT2D eigenvalue weighted by atomic mass is 16.2. The van der Waals surface area contributed by atoms with Crippen molar-refractivity contribution >= 4 is 17.3 Å². The van der Waals surface area contributed by atoms with Gasteiger partial charge in [0.15, 0.2) is 0 Å². The molecule has 0 saturated carbocycles. The third-order valence-corrected chi connectivity index (χ3v) is 4.59. The Balaban J connectivity index is 1.59. The molecule has 3 rings (SSSR count). The summed E-state index contributed by atoms with van der Waals surface area (Å²) in [5.74, 6) is 0.202. The summed E-state index contributed by atoms with van der Waals surface area (Å²) in [5, 5.41) is 3.36. The lowest BCUT2D eigenvalue weighted by atomic mass is 10.0. The predicted octanol–water partition coefficient (Wildman–Crippen LogP) is 4.08. The largest absolute Gasteiger partial charge is 0.385 e. The SMILES string of the molecule is Cc1ccc(NCCC(=O)N2CCCc3ccccc32)cc1C. The standard InChI is InChI=1S/C20H24N2O/c1-15-9-10-18(14-16(15)2)21-12-11-20(23)22-13-5-7-17-6-3-4-8-19(17)22/h3-4,6,8-10,14,21H,5,7,11-13H2,1-2H3. The van der Waals surface area contributed by atoms with E-state index in [0.29, 0.717) is 13.0 Å². The molecule has 23 heavy (non-hydrogen) atoms. The number of hydrogen-bond acceptors (Lipinski definition) is 2. The van der Waals surface area contributed by atoms with Crippen molar-refractivity contribution in [1.29, 1.82) is 0 Å². The fraction of sp³-hybridized carbons (Fsp3) is 0.350. The van der Waals surface area contributed by atoms with Gasteiger partial charge in [0, 0.05) is 30.9 Å². The molecule has 0 bridgehead atoms. The first kappa shape index (κ1) is 15.6. The van der Waals surface area contributed by atoms with Crippen molar-refractivity contribution in [2.75, 3.05) is 23.3 Å². The number of nitrogens with zero attached hydrogens (tertiary/aromatic N) is 1. The number of carbonyl (C=O) groups excluding carboxylic acids is 1. The highest BCUT2D eigenvalue weighted by molar-refractivity contribution is 5.94. The number of rotatable bonds is 4. The molecule has 2 aromatic rings. The van der Waals surface area contributed by atoms with E-state index in [9.17, 15) is 4.79 Å². The fourth-order valence-electron chi connectivity index (χ4n) is 3.09. The van der Waals surface area contributed by atoms with Gasteiger partial charge in [-0.3, -0.25) is 4.79 Å². The summed E-state index contributed by atoms with van der Waals surface area (Å²) in [4.78, 5) is 14.5. The predicted molar refractivity (Wildman–Crippen MR) is 96.1 cm³/mol. The molecular weight excluding hydrogens is 284 g/mol. The maximum absolute atomic E-state index is 12.6. The summed E-state index contributed by atoms with van der Waals surface area (Å²) in [7, 11) is 0. The van der Waals surface area contributed by atoms with Gasteiger partial charge in [-0.05, 0) is 61.6 Å². The van der Waals surface area contributed by atoms with Crippen molar-refractivity contribution < 1.29 is 4.79 Å². The minimum absolute atomic E-state index is 0.202. The van der Waals surface area contributed by atoms with Crippen LogP contribution in [0.1, 0.15) is 29.5 Å². The molecule has 3 heteroatoms. The Hall–Kier alpha value is -2.29. The average molecular weight is 308 g/mol. The van der Waals surface area contributed by atoms with E-state index >= 15 is 0 Å². The van der Waals surface area contributed by atoms with Gasteiger partial charge < -0.3 is 10.2 Å². The van der Waals surface area contributed by atoms with E-state index in [4.69, 9.17) is 0 Å². The zero-order chi connectivity index (χ0) is 16.2. The van der Waals surface area contributed by atoms with Gasteiger partial charge in [0.2, 0.25) is 5.91 Å². The topological polar surface area (TPSA) is 32.3 Å². The lowest BCUT2D eigenvalue weighted by Gasteiger charge is -2.29. The van der Waals surface area contributed by atoms with Crippen LogP contribution in [-0.4, -0.2) is 19.0 Å². The van der Waals surface area contributed by atoms with Crippen molar-refractivity contribution in [3.63, 3.8) is 0 Å². The second-order valence-corrected chi connectivity index (χ2v) is 6.25. The molecule has 120 valence electrons. The van der Waals surface area contributed by atoms with Gasteiger partial charge in [-0.25, -0.2) is 0 Å². The van der Waals surface area contributed by atoms with Gasteiger partial charge in [0.05, 0.1) is 0 Å². The van der Waals surface area contributed by atoms with Gasteiger partial charge in [0.25, 0.3) is 0 Å². The zero-order valence-corrected chi connectivity index (χ0v) is 13.9. The average Bonchev–Trinajstić information content (AvgIpc) is 2.57. The Morgan fingerprint density at radius 3 is 2.78 bits per heavy atom. The van der Waals surface area contributed by atoms with Crippen molar-refractivity contribution in [3.8, 4) is 0 Å². The summed E-state index contributed by atoms with van der Waals surface area (Å²) < 4.78 is 0. The third kappa shape index (κ3) is 3.55. The Bertz CT molecular complexity index is 709. The number of nitrogens with one attached hydrogen (secondary N) is 1. The van der Waals surface area contributed by atoms with Crippen molar-refractivity contribution in [1.82, 2.24) is 0 Å². The maximum atomic E-state index is 12.6. The van der Waals surface area contributed by atoms with E-state index < -0.39 is 0 Å². The van der Waals surface area contributed by atoms with Crippen molar-refractivity contribution in [2.24, 2.45) is 0 Å². The molecule has 2 aromatic carbocycles. The second-order valence-electron chi connectivity index (χ2n) is 6.25. The molecule has 1 amide bonds. The van der Waals surface area contributed by atoms with Crippen LogP contribution in [0.15, 0.2) is 42.5 Å². The zero-order valence-electron chi connectivity index (χ0n) is 13.9. The molecule has 1 aliphatic rings. The van der Waals surface area contributed by atoms with Crippen LogP contribution in [-0.2, 0) is 11.2 Å². The number of carbonyl (C=O) groups is 1. The van der Waals surface area contributed by atoms with Gasteiger partial charge >= 0.3 is 0 Å². The van der Waals surface area contributed by atoms with Crippen LogP contribution in [0.2, 0.25) is 0 Å². The minimum atomic E-state index is 0.202. The van der Waals surface area contributed by atoms with Crippen molar-refractivity contribution in [3.05, 3.63) is 59.2 Å². The van der Waals surface area contributed by atoms with Gasteiger partial charge in [-0.1, -0.05) is 24.3 Å². The highest BCUT2D eigenvalue weighted by Crippen LogP contribution is 2.27. The third-order valence-electron chi connectivity index (χ3n) is 4.59. The molecule has 0 aromatic heterocycles. The normalized spacial score (nSPS) is 13.6. The Labute approximate surface area is 138 Å².